The molecule has 3 aromatic rings. The Hall–Kier alpha value is -3.09. The molecule has 1 saturated heterocycles. The van der Waals surface area contributed by atoms with Crippen LogP contribution in [0.2, 0.25) is 5.02 Å². The molecule has 1 aliphatic heterocycles. The van der Waals surface area contributed by atoms with Gasteiger partial charge >= 0.3 is 0 Å². The van der Waals surface area contributed by atoms with E-state index >= 15 is 0 Å². The Morgan fingerprint density at radius 3 is 2.23 bits per heavy atom. The van der Waals surface area contributed by atoms with Gasteiger partial charge in [0.2, 0.25) is 5.91 Å². The van der Waals surface area contributed by atoms with Gasteiger partial charge in [0.15, 0.2) is 5.76 Å². The lowest BCUT2D eigenvalue weighted by Crippen LogP contribution is -2.51. The summed E-state index contributed by atoms with van der Waals surface area (Å²) in [7, 11) is 0. The normalized spacial score (nSPS) is 15.5. The van der Waals surface area contributed by atoms with Crippen molar-refractivity contribution in [1.82, 2.24) is 15.1 Å². The number of nitrogens with one attached hydrogen (secondary N) is 1. The van der Waals surface area contributed by atoms with Gasteiger partial charge in [-0.3, -0.25) is 14.5 Å². The number of rotatable bonds is 6. The molecule has 7 heteroatoms. The third-order valence-corrected chi connectivity index (χ3v) is 5.65. The van der Waals surface area contributed by atoms with Crippen LogP contribution in [0.4, 0.5) is 0 Å². The van der Waals surface area contributed by atoms with E-state index in [1.807, 2.05) is 54.6 Å². The van der Waals surface area contributed by atoms with Crippen LogP contribution in [-0.4, -0.2) is 54.3 Å². The molecule has 1 aromatic heterocycles. The monoisotopic (exact) mass is 437 g/mol. The van der Waals surface area contributed by atoms with E-state index in [4.69, 9.17) is 16.0 Å². The average Bonchev–Trinajstić information content (AvgIpc) is 3.34. The van der Waals surface area contributed by atoms with Crippen LogP contribution < -0.4 is 5.32 Å². The number of piperazine rings is 1. The number of carbonyl (C=O) groups is 2. The Morgan fingerprint density at radius 1 is 0.903 bits per heavy atom. The van der Waals surface area contributed by atoms with Gasteiger partial charge in [-0.1, -0.05) is 54.1 Å². The van der Waals surface area contributed by atoms with Gasteiger partial charge in [-0.15, -0.1) is 0 Å². The largest absolute Gasteiger partial charge is 0.459 e. The molecule has 0 radical (unpaired) electrons. The summed E-state index contributed by atoms with van der Waals surface area (Å²) in [6.07, 6.45) is 1.50. The van der Waals surface area contributed by atoms with E-state index in [1.54, 1.807) is 17.0 Å². The lowest BCUT2D eigenvalue weighted by atomic mass is 9.98. The van der Waals surface area contributed by atoms with Gasteiger partial charge in [0.25, 0.3) is 5.91 Å². The van der Waals surface area contributed by atoms with Gasteiger partial charge in [0.05, 0.1) is 18.8 Å². The smallest absolute Gasteiger partial charge is 0.289 e. The molecular weight excluding hydrogens is 414 g/mol. The predicted octanol–water partition coefficient (Wildman–Crippen LogP) is 3.60. The molecule has 1 fully saturated rings. The molecule has 0 spiro atoms. The Labute approximate surface area is 186 Å². The van der Waals surface area contributed by atoms with Gasteiger partial charge in [-0.2, -0.15) is 0 Å². The SMILES string of the molecule is O=C(CN1CCN(C(=O)c2ccco2)CC1)NC(c1ccccc1)c1ccc(Cl)cc1. The minimum atomic E-state index is -0.257. The molecule has 2 heterocycles. The minimum Gasteiger partial charge on any atom is -0.459 e. The molecule has 0 aliphatic carbocycles. The van der Waals surface area contributed by atoms with Crippen molar-refractivity contribution in [1.29, 1.82) is 0 Å². The van der Waals surface area contributed by atoms with E-state index in [0.717, 1.165) is 11.1 Å². The van der Waals surface area contributed by atoms with Crippen LogP contribution in [0.5, 0.6) is 0 Å². The van der Waals surface area contributed by atoms with Crippen LogP contribution in [0, 0.1) is 0 Å². The van der Waals surface area contributed by atoms with Crippen molar-refractivity contribution < 1.29 is 14.0 Å². The van der Waals surface area contributed by atoms with Gasteiger partial charge in [-0.05, 0) is 35.4 Å². The van der Waals surface area contributed by atoms with Crippen molar-refractivity contribution in [3.8, 4) is 0 Å². The molecule has 2 amide bonds. The first-order valence-electron chi connectivity index (χ1n) is 10.2. The zero-order valence-corrected chi connectivity index (χ0v) is 17.8. The second-order valence-corrected chi connectivity index (χ2v) is 7.94. The molecule has 1 N–H and O–H groups in total. The summed E-state index contributed by atoms with van der Waals surface area (Å²) < 4.78 is 5.20. The van der Waals surface area contributed by atoms with Crippen LogP contribution in [0.25, 0.3) is 0 Å². The number of nitrogens with zero attached hydrogens (tertiary/aromatic N) is 2. The zero-order chi connectivity index (χ0) is 21.6. The summed E-state index contributed by atoms with van der Waals surface area (Å²) in [6, 6.07) is 20.5. The van der Waals surface area contributed by atoms with Crippen molar-refractivity contribution in [3.05, 3.63) is 94.9 Å². The van der Waals surface area contributed by atoms with E-state index in [0.29, 0.717) is 37.0 Å². The summed E-state index contributed by atoms with van der Waals surface area (Å²) in [5.41, 5.74) is 1.98. The molecule has 1 unspecified atom stereocenters. The van der Waals surface area contributed by atoms with Gasteiger partial charge < -0.3 is 14.6 Å². The first-order chi connectivity index (χ1) is 15.1. The summed E-state index contributed by atoms with van der Waals surface area (Å²) in [4.78, 5) is 29.1. The fraction of sp³-hybridized carbons (Fsp3) is 0.250. The number of benzene rings is 2. The van der Waals surface area contributed by atoms with Gasteiger partial charge in [0.1, 0.15) is 0 Å². The van der Waals surface area contributed by atoms with E-state index in [9.17, 15) is 9.59 Å². The number of hydrogen-bond donors (Lipinski definition) is 1. The van der Waals surface area contributed by atoms with Crippen molar-refractivity contribution in [3.63, 3.8) is 0 Å². The lowest BCUT2D eigenvalue weighted by molar-refractivity contribution is -0.123. The maximum Gasteiger partial charge on any atom is 0.289 e. The third kappa shape index (κ3) is 5.34. The van der Waals surface area contributed by atoms with Crippen molar-refractivity contribution in [2.45, 2.75) is 6.04 Å². The summed E-state index contributed by atoms with van der Waals surface area (Å²) in [5.74, 6) is 0.176. The van der Waals surface area contributed by atoms with Crippen LogP contribution in [0.15, 0.2) is 77.4 Å². The quantitative estimate of drug-likeness (QED) is 0.640. The van der Waals surface area contributed by atoms with Crippen molar-refractivity contribution in [2.24, 2.45) is 0 Å². The molecule has 6 nitrogen and oxygen atoms in total. The number of amides is 2. The lowest BCUT2D eigenvalue weighted by Gasteiger charge is -2.34. The minimum absolute atomic E-state index is 0.0605. The molecule has 160 valence electrons. The highest BCUT2D eigenvalue weighted by Crippen LogP contribution is 2.23. The Balaban J connectivity index is 1.36. The highest BCUT2D eigenvalue weighted by atomic mass is 35.5. The van der Waals surface area contributed by atoms with E-state index in [-0.39, 0.29) is 24.4 Å². The van der Waals surface area contributed by atoms with Crippen LogP contribution in [0.3, 0.4) is 0 Å². The molecule has 31 heavy (non-hydrogen) atoms. The predicted molar refractivity (Wildman–Crippen MR) is 119 cm³/mol. The van der Waals surface area contributed by atoms with Crippen LogP contribution >= 0.6 is 11.6 Å². The van der Waals surface area contributed by atoms with E-state index in [1.165, 1.54) is 6.26 Å². The summed E-state index contributed by atoms with van der Waals surface area (Å²) in [5, 5.41) is 3.81. The fourth-order valence-corrected chi connectivity index (χ4v) is 3.86. The molecule has 1 aliphatic rings. The molecule has 2 aromatic carbocycles. The zero-order valence-electron chi connectivity index (χ0n) is 17.0. The van der Waals surface area contributed by atoms with E-state index in [2.05, 4.69) is 10.2 Å². The third-order valence-electron chi connectivity index (χ3n) is 5.40. The van der Waals surface area contributed by atoms with Gasteiger partial charge in [0, 0.05) is 31.2 Å². The number of carbonyl (C=O) groups excluding carboxylic acids is 2. The maximum atomic E-state index is 12.9. The second kappa shape index (κ2) is 9.81. The summed E-state index contributed by atoms with van der Waals surface area (Å²) >= 11 is 6.04. The Bertz CT molecular complexity index is 998. The average molecular weight is 438 g/mol. The number of hydrogen-bond acceptors (Lipinski definition) is 4. The molecule has 1 atom stereocenters. The van der Waals surface area contributed by atoms with E-state index < -0.39 is 0 Å². The first-order valence-corrected chi connectivity index (χ1v) is 10.6. The topological polar surface area (TPSA) is 65.8 Å². The van der Waals surface area contributed by atoms with Crippen molar-refractivity contribution in [2.75, 3.05) is 32.7 Å². The fourth-order valence-electron chi connectivity index (χ4n) is 3.73. The molecule has 4 rings (SSSR count). The number of halogens is 1. The van der Waals surface area contributed by atoms with Crippen LogP contribution in [-0.2, 0) is 4.79 Å². The molecular formula is C24H24ClN3O3. The molecule has 0 saturated carbocycles. The second-order valence-electron chi connectivity index (χ2n) is 7.51. The standard InChI is InChI=1S/C24H24ClN3O3/c25-20-10-8-19(9-11-20)23(18-5-2-1-3-6-18)26-22(29)17-27-12-14-28(15-13-27)24(30)21-7-4-16-31-21/h1-11,16,23H,12-15,17H2,(H,26,29). The Kier molecular flexibility index (Phi) is 6.70. The highest BCUT2D eigenvalue weighted by Gasteiger charge is 2.25. The maximum absolute atomic E-state index is 12.9. The van der Waals surface area contributed by atoms with Crippen LogP contribution in [0.1, 0.15) is 27.7 Å². The Morgan fingerprint density at radius 2 is 1.58 bits per heavy atom. The summed E-state index contributed by atoms with van der Waals surface area (Å²) in [6.45, 7) is 2.67. The van der Waals surface area contributed by atoms with Gasteiger partial charge in [-0.25, -0.2) is 0 Å². The highest BCUT2D eigenvalue weighted by molar-refractivity contribution is 6.30. The first kappa shape index (κ1) is 21.2. The van der Waals surface area contributed by atoms with Crippen molar-refractivity contribution >= 4 is 23.4 Å². The molecule has 0 bridgehead atoms. The number of furan rings is 1.